The lowest BCUT2D eigenvalue weighted by Crippen LogP contribution is -2.02. The second kappa shape index (κ2) is 10.6. The Morgan fingerprint density at radius 2 is 1.57 bits per heavy atom. The fraction of sp³-hybridized carbons (Fsp3) is 0.588. The second-order valence-corrected chi connectivity index (χ2v) is 6.99. The van der Waals surface area contributed by atoms with Gasteiger partial charge in [0.05, 0.1) is 5.56 Å². The minimum Gasteiger partial charge on any atom is -0.478 e. The minimum atomic E-state index is -0.925. The number of carboxylic acids is 1. The van der Waals surface area contributed by atoms with Crippen LogP contribution in [-0.4, -0.2) is 21.0 Å². The van der Waals surface area contributed by atoms with Crippen LogP contribution in [0, 0.1) is 0 Å². The average Bonchev–Trinajstić information content (AvgIpc) is 2.47. The molecule has 1 rings (SSSR count). The first kappa shape index (κ1) is 17.9. The number of carbonyl (C=O) groups is 1. The van der Waals surface area contributed by atoms with Gasteiger partial charge in [0.25, 0.3) is 0 Å². The molecule has 0 aliphatic heterocycles. The van der Waals surface area contributed by atoms with Crippen LogP contribution in [0.15, 0.2) is 24.3 Å². The monoisotopic (exact) mass is 310 g/mol. The molecule has 4 heteroatoms. The fourth-order valence-electron chi connectivity index (χ4n) is 2.22. The molecule has 1 N–H and O–H groups in total. The lowest BCUT2D eigenvalue weighted by Gasteiger charge is -2.04. The first-order valence-corrected chi connectivity index (χ1v) is 9.29. The van der Waals surface area contributed by atoms with Crippen LogP contribution in [0.1, 0.15) is 67.8 Å². The molecule has 21 heavy (non-hydrogen) atoms. The number of rotatable bonds is 11. The lowest BCUT2D eigenvalue weighted by molar-refractivity contribution is 0.0697. The first-order valence-electron chi connectivity index (χ1n) is 7.80. The Hall–Kier alpha value is -1.16. The summed E-state index contributed by atoms with van der Waals surface area (Å²) in [4.78, 5) is 10.7. The van der Waals surface area contributed by atoms with Crippen LogP contribution in [0.5, 0.6) is 0 Å². The van der Waals surface area contributed by atoms with Gasteiger partial charge in [0, 0.05) is 22.3 Å². The van der Waals surface area contributed by atoms with Crippen LogP contribution in [0.2, 0.25) is 0 Å². The van der Waals surface area contributed by atoms with E-state index in [0.717, 1.165) is 24.2 Å². The van der Waals surface area contributed by atoms with Crippen LogP contribution >= 0.6 is 0 Å². The highest BCUT2D eigenvalue weighted by Crippen LogP contribution is 2.10. The molecular formula is C17H26O3S. The quantitative estimate of drug-likeness (QED) is 0.617. The number of benzene rings is 1. The van der Waals surface area contributed by atoms with Crippen molar-refractivity contribution in [1.82, 2.24) is 0 Å². The zero-order chi connectivity index (χ0) is 15.5. The Bertz CT molecular complexity index is 440. The average molecular weight is 310 g/mol. The van der Waals surface area contributed by atoms with Gasteiger partial charge in [-0.15, -0.1) is 0 Å². The van der Waals surface area contributed by atoms with E-state index >= 15 is 0 Å². The summed E-state index contributed by atoms with van der Waals surface area (Å²) in [5.41, 5.74) is 1.22. The van der Waals surface area contributed by atoms with Gasteiger partial charge in [0.15, 0.2) is 0 Å². The van der Waals surface area contributed by atoms with Gasteiger partial charge < -0.3 is 5.11 Å². The normalized spacial score (nSPS) is 12.2. The highest BCUT2D eigenvalue weighted by molar-refractivity contribution is 7.84. The maximum atomic E-state index is 12.0. The topological polar surface area (TPSA) is 54.4 Å². The standard InChI is InChI=1S/C17H26O3S/c1-2-3-4-5-6-7-8-13-21(20)14-15-9-11-16(12-10-15)17(18)19/h9-12H,2-8,13-14H2,1H3,(H,18,19). The molecule has 3 nitrogen and oxygen atoms in total. The van der Waals surface area contributed by atoms with Crippen LogP contribution in [0.3, 0.4) is 0 Å². The molecule has 1 atom stereocenters. The summed E-state index contributed by atoms with van der Waals surface area (Å²) in [6.45, 7) is 2.21. The largest absolute Gasteiger partial charge is 0.478 e. The molecule has 1 aromatic carbocycles. The predicted molar refractivity (Wildman–Crippen MR) is 88.1 cm³/mol. The molecule has 0 saturated carbocycles. The highest BCUT2D eigenvalue weighted by atomic mass is 32.2. The van der Waals surface area contributed by atoms with Crippen LogP contribution in [0.4, 0.5) is 0 Å². The van der Waals surface area contributed by atoms with Crippen LogP contribution in [-0.2, 0) is 16.6 Å². The maximum absolute atomic E-state index is 12.0. The van der Waals surface area contributed by atoms with Crippen molar-refractivity contribution in [2.24, 2.45) is 0 Å². The zero-order valence-corrected chi connectivity index (χ0v) is 13.7. The molecule has 118 valence electrons. The van der Waals surface area contributed by atoms with E-state index in [4.69, 9.17) is 5.11 Å². The fourth-order valence-corrected chi connectivity index (χ4v) is 3.46. The van der Waals surface area contributed by atoms with Gasteiger partial charge in [0.2, 0.25) is 0 Å². The van der Waals surface area contributed by atoms with Crippen molar-refractivity contribution in [3.63, 3.8) is 0 Å². The van der Waals surface area contributed by atoms with Gasteiger partial charge >= 0.3 is 5.97 Å². The molecule has 0 saturated heterocycles. The Labute approximate surface area is 130 Å². The van der Waals surface area contributed by atoms with Gasteiger partial charge in [-0.05, 0) is 24.1 Å². The van der Waals surface area contributed by atoms with Gasteiger partial charge in [-0.1, -0.05) is 57.6 Å². The molecule has 0 aliphatic carbocycles. The SMILES string of the molecule is CCCCCCCCCS(=O)Cc1ccc(C(=O)O)cc1. The molecule has 0 radical (unpaired) electrons. The molecule has 0 bridgehead atoms. The van der Waals surface area contributed by atoms with Crippen molar-refractivity contribution in [2.75, 3.05) is 5.75 Å². The molecule has 1 unspecified atom stereocenters. The predicted octanol–water partition coefficient (Wildman–Crippen LogP) is 4.38. The summed E-state index contributed by atoms with van der Waals surface area (Å²) >= 11 is 0. The second-order valence-electron chi connectivity index (χ2n) is 5.41. The van der Waals surface area contributed by atoms with Crippen molar-refractivity contribution in [2.45, 2.75) is 57.6 Å². The van der Waals surface area contributed by atoms with Crippen molar-refractivity contribution >= 4 is 16.8 Å². The lowest BCUT2D eigenvalue weighted by atomic mass is 10.1. The number of unbranched alkanes of at least 4 members (excludes halogenated alkanes) is 6. The Morgan fingerprint density at radius 3 is 2.14 bits per heavy atom. The summed E-state index contributed by atoms with van der Waals surface area (Å²) in [6.07, 6.45) is 8.61. The van der Waals surface area contributed by atoms with E-state index in [2.05, 4.69) is 6.92 Å². The van der Waals surface area contributed by atoms with E-state index in [1.807, 2.05) is 0 Å². The Balaban J connectivity index is 2.17. The highest BCUT2D eigenvalue weighted by Gasteiger charge is 2.05. The molecule has 0 heterocycles. The van der Waals surface area contributed by atoms with E-state index in [1.165, 1.54) is 32.1 Å². The van der Waals surface area contributed by atoms with E-state index < -0.39 is 16.8 Å². The summed E-state index contributed by atoms with van der Waals surface area (Å²) in [5.74, 6) is 0.343. The molecule has 0 aliphatic rings. The maximum Gasteiger partial charge on any atom is 0.335 e. The Kier molecular flexibility index (Phi) is 8.99. The third-order valence-corrected chi connectivity index (χ3v) is 4.90. The van der Waals surface area contributed by atoms with Crippen LogP contribution < -0.4 is 0 Å². The summed E-state index contributed by atoms with van der Waals surface area (Å²) in [6, 6.07) is 6.66. The van der Waals surface area contributed by atoms with Gasteiger partial charge in [-0.25, -0.2) is 4.79 Å². The molecule has 0 aromatic heterocycles. The number of aromatic carboxylic acids is 1. The Morgan fingerprint density at radius 1 is 1.00 bits per heavy atom. The number of hydrogen-bond acceptors (Lipinski definition) is 2. The van der Waals surface area contributed by atoms with Crippen molar-refractivity contribution < 1.29 is 14.1 Å². The molecule has 0 spiro atoms. The van der Waals surface area contributed by atoms with Crippen molar-refractivity contribution in [1.29, 1.82) is 0 Å². The molecule has 0 fully saturated rings. The van der Waals surface area contributed by atoms with Crippen molar-refractivity contribution in [3.05, 3.63) is 35.4 Å². The first-order chi connectivity index (χ1) is 10.1. The number of carboxylic acid groups (broad SMARTS) is 1. The summed E-state index contributed by atoms with van der Waals surface area (Å²) in [7, 11) is -0.845. The zero-order valence-electron chi connectivity index (χ0n) is 12.8. The van der Waals surface area contributed by atoms with Crippen molar-refractivity contribution in [3.8, 4) is 0 Å². The third-order valence-electron chi connectivity index (χ3n) is 3.50. The van der Waals surface area contributed by atoms with Gasteiger partial charge in [0.1, 0.15) is 0 Å². The smallest absolute Gasteiger partial charge is 0.335 e. The van der Waals surface area contributed by atoms with Crippen LogP contribution in [0.25, 0.3) is 0 Å². The molecule has 1 aromatic rings. The van der Waals surface area contributed by atoms with Gasteiger partial charge in [-0.2, -0.15) is 0 Å². The minimum absolute atomic E-state index is 0.275. The van der Waals surface area contributed by atoms with E-state index in [9.17, 15) is 9.00 Å². The number of hydrogen-bond donors (Lipinski definition) is 1. The molecular weight excluding hydrogens is 284 g/mol. The third kappa shape index (κ3) is 8.00. The van der Waals surface area contributed by atoms with Gasteiger partial charge in [-0.3, -0.25) is 4.21 Å². The van der Waals surface area contributed by atoms with E-state index in [1.54, 1.807) is 24.3 Å². The molecule has 0 amide bonds. The van der Waals surface area contributed by atoms with E-state index in [0.29, 0.717) is 5.75 Å². The summed E-state index contributed by atoms with van der Waals surface area (Å²) < 4.78 is 12.0. The summed E-state index contributed by atoms with van der Waals surface area (Å²) in [5, 5.41) is 8.82. The van der Waals surface area contributed by atoms with E-state index in [-0.39, 0.29) is 5.56 Å².